The van der Waals surface area contributed by atoms with Crippen molar-refractivity contribution in [3.63, 3.8) is 0 Å². The molecule has 0 aliphatic carbocycles. The number of likely N-dealkylation sites (tertiary alicyclic amines) is 1. The molecule has 1 amide bonds. The van der Waals surface area contributed by atoms with Crippen LogP contribution in [0.1, 0.15) is 23.7 Å². The maximum atomic E-state index is 13.4. The minimum absolute atomic E-state index is 0.0735. The molecule has 30 heavy (non-hydrogen) atoms. The monoisotopic (exact) mass is 423 g/mol. The van der Waals surface area contributed by atoms with Crippen LogP contribution in [-0.2, 0) is 16.1 Å². The molecule has 1 aromatic heterocycles. The van der Waals surface area contributed by atoms with Gasteiger partial charge in [0.2, 0.25) is 5.91 Å². The minimum atomic E-state index is -0.453. The van der Waals surface area contributed by atoms with Gasteiger partial charge in [-0.3, -0.25) is 14.2 Å². The van der Waals surface area contributed by atoms with Gasteiger partial charge < -0.3 is 9.64 Å². The molecule has 0 N–H and O–H groups in total. The zero-order valence-electron chi connectivity index (χ0n) is 17.0. The van der Waals surface area contributed by atoms with Crippen molar-refractivity contribution in [3.8, 4) is 0 Å². The van der Waals surface area contributed by atoms with Crippen molar-refractivity contribution in [2.45, 2.75) is 29.8 Å². The summed E-state index contributed by atoms with van der Waals surface area (Å²) in [6.07, 6.45) is 2.06. The lowest BCUT2D eigenvalue weighted by molar-refractivity contribution is -0.129. The SMILES string of the molecule is COCCn1c(SC(C(=O)N2CCCC2)c2ccccc2)nc2ccccc2c1=O. The second-order valence-corrected chi connectivity index (χ2v) is 8.37. The molecule has 0 saturated carbocycles. The summed E-state index contributed by atoms with van der Waals surface area (Å²) in [5.74, 6) is 0.0735. The number of amides is 1. The Morgan fingerprint density at radius 2 is 1.80 bits per heavy atom. The highest BCUT2D eigenvalue weighted by Crippen LogP contribution is 2.36. The van der Waals surface area contributed by atoms with Gasteiger partial charge in [-0.05, 0) is 30.5 Å². The van der Waals surface area contributed by atoms with Crippen molar-refractivity contribution >= 4 is 28.6 Å². The average Bonchev–Trinajstić information content (AvgIpc) is 3.32. The first-order chi connectivity index (χ1) is 14.7. The highest BCUT2D eigenvalue weighted by Gasteiger charge is 2.30. The molecule has 4 rings (SSSR count). The van der Waals surface area contributed by atoms with Gasteiger partial charge in [0.15, 0.2) is 5.16 Å². The van der Waals surface area contributed by atoms with E-state index >= 15 is 0 Å². The molecule has 3 aromatic rings. The Kier molecular flexibility index (Phi) is 6.50. The first-order valence-corrected chi connectivity index (χ1v) is 11.1. The number of aromatic nitrogens is 2. The lowest BCUT2D eigenvalue weighted by atomic mass is 10.1. The summed E-state index contributed by atoms with van der Waals surface area (Å²) in [7, 11) is 1.61. The third kappa shape index (κ3) is 4.27. The van der Waals surface area contributed by atoms with Crippen molar-refractivity contribution in [2.24, 2.45) is 0 Å². The quantitative estimate of drug-likeness (QED) is 0.430. The van der Waals surface area contributed by atoms with Crippen LogP contribution in [0, 0.1) is 0 Å². The number of carbonyl (C=O) groups excluding carboxylic acids is 1. The van der Waals surface area contributed by atoms with E-state index in [1.54, 1.807) is 17.7 Å². The lowest BCUT2D eigenvalue weighted by Gasteiger charge is -2.24. The molecular formula is C23H25N3O3S. The molecule has 2 aromatic carbocycles. The van der Waals surface area contributed by atoms with Crippen LogP contribution in [0.4, 0.5) is 0 Å². The van der Waals surface area contributed by atoms with Crippen molar-refractivity contribution in [1.82, 2.24) is 14.5 Å². The maximum absolute atomic E-state index is 13.4. The number of thioether (sulfide) groups is 1. The summed E-state index contributed by atoms with van der Waals surface area (Å²) in [5.41, 5.74) is 1.44. The Hall–Kier alpha value is -2.64. The largest absolute Gasteiger partial charge is 0.383 e. The van der Waals surface area contributed by atoms with Crippen LogP contribution >= 0.6 is 11.8 Å². The molecule has 156 valence electrons. The van der Waals surface area contributed by atoms with Gasteiger partial charge in [-0.25, -0.2) is 4.98 Å². The van der Waals surface area contributed by atoms with E-state index in [1.807, 2.05) is 53.4 Å². The molecule has 1 atom stereocenters. The van der Waals surface area contributed by atoms with Gasteiger partial charge in [-0.15, -0.1) is 0 Å². The number of rotatable bonds is 7. The number of benzene rings is 2. The molecule has 1 saturated heterocycles. The fourth-order valence-electron chi connectivity index (χ4n) is 3.71. The number of fused-ring (bicyclic) bond motifs is 1. The van der Waals surface area contributed by atoms with Crippen LogP contribution in [0.5, 0.6) is 0 Å². The Balaban J connectivity index is 1.78. The zero-order chi connectivity index (χ0) is 20.9. The number of hydrogen-bond acceptors (Lipinski definition) is 5. The molecule has 6 nitrogen and oxygen atoms in total. The summed E-state index contributed by atoms with van der Waals surface area (Å²) in [5, 5.41) is 0.656. The van der Waals surface area contributed by atoms with E-state index in [0.29, 0.717) is 29.2 Å². The fraction of sp³-hybridized carbons (Fsp3) is 0.348. The molecule has 1 fully saturated rings. The van der Waals surface area contributed by atoms with Crippen LogP contribution in [0.2, 0.25) is 0 Å². The molecule has 1 unspecified atom stereocenters. The summed E-state index contributed by atoms with van der Waals surface area (Å²) >= 11 is 1.35. The number of carbonyl (C=O) groups is 1. The van der Waals surface area contributed by atoms with Crippen LogP contribution in [0.25, 0.3) is 10.9 Å². The van der Waals surface area contributed by atoms with Gasteiger partial charge >= 0.3 is 0 Å². The number of para-hydroxylation sites is 1. The van der Waals surface area contributed by atoms with Gasteiger partial charge in [0.1, 0.15) is 5.25 Å². The van der Waals surface area contributed by atoms with E-state index in [4.69, 9.17) is 9.72 Å². The van der Waals surface area contributed by atoms with Gasteiger partial charge in [0, 0.05) is 20.2 Å². The van der Waals surface area contributed by atoms with Crippen molar-refractivity contribution in [1.29, 1.82) is 0 Å². The highest BCUT2D eigenvalue weighted by atomic mass is 32.2. The Bertz CT molecular complexity index is 1080. The molecule has 7 heteroatoms. The molecular weight excluding hydrogens is 398 g/mol. The van der Waals surface area contributed by atoms with Gasteiger partial charge in [-0.2, -0.15) is 0 Å². The van der Waals surface area contributed by atoms with Crippen LogP contribution < -0.4 is 5.56 Å². The number of hydrogen-bond donors (Lipinski definition) is 0. The standard InChI is InChI=1S/C23H25N3O3S/c1-29-16-15-26-21(27)18-11-5-6-12-19(18)24-23(26)30-20(17-9-3-2-4-10-17)22(28)25-13-7-8-14-25/h2-6,9-12,20H,7-8,13-16H2,1H3. The van der Waals surface area contributed by atoms with E-state index in [1.165, 1.54) is 11.8 Å². The van der Waals surface area contributed by atoms with E-state index in [9.17, 15) is 9.59 Å². The van der Waals surface area contributed by atoms with E-state index in [-0.39, 0.29) is 11.5 Å². The van der Waals surface area contributed by atoms with E-state index in [2.05, 4.69) is 0 Å². The van der Waals surface area contributed by atoms with Crippen LogP contribution in [-0.4, -0.2) is 47.2 Å². The zero-order valence-corrected chi connectivity index (χ0v) is 17.8. The first-order valence-electron chi connectivity index (χ1n) is 10.2. The Labute approximate surface area is 179 Å². The highest BCUT2D eigenvalue weighted by molar-refractivity contribution is 8.00. The minimum Gasteiger partial charge on any atom is -0.383 e. The molecule has 0 bridgehead atoms. The number of methoxy groups -OCH3 is 1. The summed E-state index contributed by atoms with van der Waals surface area (Å²) in [4.78, 5) is 33.2. The first kappa shape index (κ1) is 20.6. The predicted molar refractivity (Wildman–Crippen MR) is 119 cm³/mol. The van der Waals surface area contributed by atoms with Crippen molar-refractivity contribution in [3.05, 3.63) is 70.5 Å². The Morgan fingerprint density at radius 1 is 1.10 bits per heavy atom. The molecule has 2 heterocycles. The molecule has 1 aliphatic rings. The van der Waals surface area contributed by atoms with Crippen LogP contribution in [0.3, 0.4) is 0 Å². The average molecular weight is 424 g/mol. The smallest absolute Gasteiger partial charge is 0.262 e. The normalized spacial score (nSPS) is 14.9. The second kappa shape index (κ2) is 9.45. The maximum Gasteiger partial charge on any atom is 0.262 e. The fourth-order valence-corrected chi connectivity index (χ4v) is 4.92. The third-order valence-electron chi connectivity index (χ3n) is 5.31. The number of nitrogens with zero attached hydrogens (tertiary/aromatic N) is 3. The summed E-state index contributed by atoms with van der Waals surface area (Å²) in [6.45, 7) is 2.34. The third-order valence-corrected chi connectivity index (χ3v) is 6.55. The lowest BCUT2D eigenvalue weighted by Crippen LogP contribution is -2.32. The summed E-state index contributed by atoms with van der Waals surface area (Å²) < 4.78 is 6.84. The van der Waals surface area contributed by atoms with Crippen molar-refractivity contribution in [2.75, 3.05) is 26.8 Å². The van der Waals surface area contributed by atoms with E-state index in [0.717, 1.165) is 31.5 Å². The number of ether oxygens (including phenoxy) is 1. The Morgan fingerprint density at radius 3 is 2.53 bits per heavy atom. The second-order valence-electron chi connectivity index (χ2n) is 7.30. The molecule has 0 radical (unpaired) electrons. The summed E-state index contributed by atoms with van der Waals surface area (Å²) in [6, 6.07) is 17.1. The van der Waals surface area contributed by atoms with Gasteiger partial charge in [0.05, 0.1) is 24.1 Å². The van der Waals surface area contributed by atoms with Crippen molar-refractivity contribution < 1.29 is 9.53 Å². The topological polar surface area (TPSA) is 64.4 Å². The predicted octanol–water partition coefficient (Wildman–Crippen LogP) is 3.50. The molecule has 0 spiro atoms. The van der Waals surface area contributed by atoms with Gasteiger partial charge in [0.25, 0.3) is 5.56 Å². The van der Waals surface area contributed by atoms with Crippen LogP contribution in [0.15, 0.2) is 64.5 Å². The van der Waals surface area contributed by atoms with E-state index < -0.39 is 5.25 Å². The molecule has 1 aliphatic heterocycles. The van der Waals surface area contributed by atoms with Gasteiger partial charge in [-0.1, -0.05) is 54.2 Å².